The number of hydrogen-bond donors (Lipinski definition) is 2. The lowest BCUT2D eigenvalue weighted by molar-refractivity contribution is -0.133. The van der Waals surface area contributed by atoms with Crippen LogP contribution in [0.25, 0.3) is 0 Å². The predicted molar refractivity (Wildman–Crippen MR) is 104 cm³/mol. The molecular weight excluding hydrogens is 406 g/mol. The molecule has 11 heteroatoms. The maximum absolute atomic E-state index is 12.6. The van der Waals surface area contributed by atoms with Gasteiger partial charge in [0.1, 0.15) is 12.1 Å². The monoisotopic (exact) mass is 423 g/mol. The van der Waals surface area contributed by atoms with Crippen molar-refractivity contribution in [3.8, 4) is 0 Å². The van der Waals surface area contributed by atoms with Gasteiger partial charge in [0, 0.05) is 10.6 Å². The molecule has 2 aromatic rings. The Morgan fingerprint density at radius 1 is 1.33 bits per heavy atom. The third-order valence-corrected chi connectivity index (χ3v) is 7.66. The van der Waals surface area contributed by atoms with E-state index in [0.29, 0.717) is 18.0 Å². The number of nitrogens with zero attached hydrogens (tertiary/aromatic N) is 3. The van der Waals surface area contributed by atoms with Gasteiger partial charge in [0.15, 0.2) is 4.34 Å². The minimum absolute atomic E-state index is 0.301. The van der Waals surface area contributed by atoms with E-state index < -0.39 is 17.5 Å². The maximum atomic E-state index is 12.6. The summed E-state index contributed by atoms with van der Waals surface area (Å²) in [6.07, 6.45) is 3.08. The van der Waals surface area contributed by atoms with Crippen molar-refractivity contribution in [3.63, 3.8) is 0 Å². The number of aromatic nitrogens is 2. The number of carbonyl (C=O) groups excluding carboxylic acids is 3. The second kappa shape index (κ2) is 7.56. The van der Waals surface area contributed by atoms with E-state index >= 15 is 0 Å². The molecule has 2 fully saturated rings. The Labute approximate surface area is 167 Å². The minimum Gasteiger partial charge on any atom is -0.323 e. The third kappa shape index (κ3) is 3.85. The van der Waals surface area contributed by atoms with Crippen molar-refractivity contribution < 1.29 is 14.4 Å². The molecule has 27 heavy (non-hydrogen) atoms. The van der Waals surface area contributed by atoms with E-state index in [0.717, 1.165) is 27.8 Å². The lowest BCUT2D eigenvalue weighted by Crippen LogP contribution is -2.44. The Kier molecular flexibility index (Phi) is 5.15. The molecule has 0 aromatic carbocycles. The number of nitrogens with one attached hydrogen (secondary N) is 2. The van der Waals surface area contributed by atoms with Crippen molar-refractivity contribution in [2.24, 2.45) is 0 Å². The molecule has 1 aliphatic heterocycles. The van der Waals surface area contributed by atoms with Crippen molar-refractivity contribution in [2.45, 2.75) is 41.3 Å². The van der Waals surface area contributed by atoms with Crippen LogP contribution in [0.1, 0.15) is 30.6 Å². The fourth-order valence-corrected chi connectivity index (χ4v) is 5.83. The summed E-state index contributed by atoms with van der Waals surface area (Å²) in [5, 5.41) is 15.8. The second-order valence-electron chi connectivity index (χ2n) is 6.40. The first-order chi connectivity index (χ1) is 13.1. The summed E-state index contributed by atoms with van der Waals surface area (Å²) >= 11 is 4.49. The standard InChI is InChI=1S/C16H17N5O3S3/c22-11(8-21-12(23)16(18-14(21)24)5-1-2-6-16)17-13-19-20-15(27-13)26-9-10-4-3-7-25-10/h3-4,7H,1-2,5-6,8-9H2,(H,18,24)(H,17,19,22). The molecule has 4 rings (SSSR count). The first-order valence-electron chi connectivity index (χ1n) is 8.48. The van der Waals surface area contributed by atoms with Crippen LogP contribution < -0.4 is 10.6 Å². The Hall–Kier alpha value is -1.98. The Balaban J connectivity index is 1.32. The van der Waals surface area contributed by atoms with Crippen molar-refractivity contribution in [1.82, 2.24) is 20.4 Å². The van der Waals surface area contributed by atoms with E-state index in [1.165, 1.54) is 16.2 Å². The smallest absolute Gasteiger partial charge is 0.323 e. The number of thiophene rings is 1. The van der Waals surface area contributed by atoms with Gasteiger partial charge in [-0.2, -0.15) is 0 Å². The van der Waals surface area contributed by atoms with E-state index in [4.69, 9.17) is 0 Å². The quantitative estimate of drug-likeness (QED) is 0.421. The van der Waals surface area contributed by atoms with Crippen molar-refractivity contribution in [2.75, 3.05) is 11.9 Å². The Bertz CT molecular complexity index is 861. The van der Waals surface area contributed by atoms with Gasteiger partial charge < -0.3 is 5.32 Å². The zero-order valence-corrected chi connectivity index (χ0v) is 16.7. The third-order valence-electron chi connectivity index (χ3n) is 4.58. The summed E-state index contributed by atoms with van der Waals surface area (Å²) < 4.78 is 0.749. The largest absolute Gasteiger partial charge is 0.325 e. The summed E-state index contributed by atoms with van der Waals surface area (Å²) in [6.45, 7) is -0.316. The van der Waals surface area contributed by atoms with Crippen LogP contribution in [0.3, 0.4) is 0 Å². The molecule has 1 saturated carbocycles. The van der Waals surface area contributed by atoms with Gasteiger partial charge in [0.2, 0.25) is 11.0 Å². The lowest BCUT2D eigenvalue weighted by Gasteiger charge is -2.19. The molecule has 1 aliphatic carbocycles. The summed E-state index contributed by atoms with van der Waals surface area (Å²) in [6, 6.07) is 3.55. The van der Waals surface area contributed by atoms with Crippen LogP contribution in [0.15, 0.2) is 21.9 Å². The molecule has 0 unspecified atom stereocenters. The number of anilines is 1. The number of urea groups is 1. The first-order valence-corrected chi connectivity index (χ1v) is 11.2. The lowest BCUT2D eigenvalue weighted by atomic mass is 9.98. The van der Waals surface area contributed by atoms with Crippen molar-refractivity contribution in [3.05, 3.63) is 22.4 Å². The molecule has 2 N–H and O–H groups in total. The molecule has 142 valence electrons. The second-order valence-corrected chi connectivity index (χ2v) is 9.63. The molecule has 1 saturated heterocycles. The van der Waals surface area contributed by atoms with Gasteiger partial charge in [-0.15, -0.1) is 21.5 Å². The number of amides is 4. The van der Waals surface area contributed by atoms with Crippen LogP contribution in [0.4, 0.5) is 9.93 Å². The summed E-state index contributed by atoms with van der Waals surface area (Å²) in [7, 11) is 0. The van der Waals surface area contributed by atoms with Gasteiger partial charge in [-0.25, -0.2) is 4.79 Å². The van der Waals surface area contributed by atoms with E-state index in [1.807, 2.05) is 11.4 Å². The van der Waals surface area contributed by atoms with Gasteiger partial charge in [-0.3, -0.25) is 19.8 Å². The highest BCUT2D eigenvalue weighted by atomic mass is 32.2. The number of thioether (sulfide) groups is 1. The van der Waals surface area contributed by atoms with Gasteiger partial charge in [-0.05, 0) is 24.3 Å². The van der Waals surface area contributed by atoms with Gasteiger partial charge in [0.25, 0.3) is 5.91 Å². The highest BCUT2D eigenvalue weighted by Crippen LogP contribution is 2.35. The summed E-state index contributed by atoms with van der Waals surface area (Å²) in [4.78, 5) is 39.2. The molecule has 2 aliphatic rings. The molecule has 0 radical (unpaired) electrons. The zero-order valence-electron chi connectivity index (χ0n) is 14.3. The fourth-order valence-electron chi connectivity index (χ4n) is 3.29. The highest BCUT2D eigenvalue weighted by molar-refractivity contribution is 8.00. The van der Waals surface area contributed by atoms with E-state index in [-0.39, 0.29) is 12.5 Å². The topological polar surface area (TPSA) is 104 Å². The molecule has 0 bridgehead atoms. The summed E-state index contributed by atoms with van der Waals surface area (Å²) in [5.41, 5.74) is -0.800. The fraction of sp³-hybridized carbons (Fsp3) is 0.438. The number of rotatable bonds is 6. The van der Waals surface area contributed by atoms with E-state index in [2.05, 4.69) is 26.9 Å². The Morgan fingerprint density at radius 2 is 2.15 bits per heavy atom. The predicted octanol–water partition coefficient (Wildman–Crippen LogP) is 2.70. The average molecular weight is 424 g/mol. The number of hydrogen-bond acceptors (Lipinski definition) is 8. The molecule has 0 atom stereocenters. The minimum atomic E-state index is -0.800. The summed E-state index contributed by atoms with van der Waals surface area (Å²) in [5.74, 6) is 0.0363. The first kappa shape index (κ1) is 18.4. The van der Waals surface area contributed by atoms with E-state index in [1.54, 1.807) is 23.1 Å². The molecule has 3 heterocycles. The Morgan fingerprint density at radius 3 is 2.89 bits per heavy atom. The van der Waals surface area contributed by atoms with Crippen LogP contribution in [-0.4, -0.2) is 45.0 Å². The van der Waals surface area contributed by atoms with Crippen LogP contribution in [0.5, 0.6) is 0 Å². The molecule has 4 amide bonds. The van der Waals surface area contributed by atoms with Crippen molar-refractivity contribution in [1.29, 1.82) is 0 Å². The SMILES string of the molecule is O=C(CN1C(=O)NC2(CCCC2)C1=O)Nc1nnc(SCc2cccs2)s1. The maximum Gasteiger partial charge on any atom is 0.325 e. The van der Waals surface area contributed by atoms with Crippen LogP contribution in [0.2, 0.25) is 0 Å². The van der Waals surface area contributed by atoms with Crippen LogP contribution >= 0.6 is 34.4 Å². The molecule has 8 nitrogen and oxygen atoms in total. The van der Waals surface area contributed by atoms with Gasteiger partial charge in [0.05, 0.1) is 0 Å². The van der Waals surface area contributed by atoms with Crippen LogP contribution in [-0.2, 0) is 15.3 Å². The average Bonchev–Trinajstić information content (AvgIpc) is 3.41. The molecule has 1 spiro atoms. The molecule has 2 aromatic heterocycles. The van der Waals surface area contributed by atoms with Gasteiger partial charge in [-0.1, -0.05) is 42.0 Å². The number of carbonyl (C=O) groups is 3. The normalized spacial score (nSPS) is 18.3. The number of imide groups is 1. The highest BCUT2D eigenvalue weighted by Gasteiger charge is 2.52. The zero-order chi connectivity index (χ0) is 18.9. The van der Waals surface area contributed by atoms with Crippen LogP contribution in [0, 0.1) is 0 Å². The van der Waals surface area contributed by atoms with E-state index in [9.17, 15) is 14.4 Å². The molecular formula is C16H17N5O3S3. The van der Waals surface area contributed by atoms with Gasteiger partial charge >= 0.3 is 6.03 Å². The van der Waals surface area contributed by atoms with Crippen molar-refractivity contribution >= 4 is 57.4 Å².